The van der Waals surface area contributed by atoms with Crippen molar-refractivity contribution in [1.29, 1.82) is 0 Å². The van der Waals surface area contributed by atoms with E-state index in [1.165, 1.54) is 0 Å². The minimum atomic E-state index is -0.480. The molecule has 1 saturated heterocycles. The average Bonchev–Trinajstić information content (AvgIpc) is 2.85. The zero-order valence-corrected chi connectivity index (χ0v) is 16.8. The number of amides is 1. The molecule has 2 rings (SSSR count). The third kappa shape index (κ3) is 4.64. The Balaban J connectivity index is 2.15. The Bertz CT molecular complexity index is 598. The van der Waals surface area contributed by atoms with Gasteiger partial charge in [0.2, 0.25) is 0 Å². The van der Waals surface area contributed by atoms with E-state index in [2.05, 4.69) is 44.1 Å². The molecule has 1 aromatic carbocycles. The number of methoxy groups -OCH3 is 1. The Morgan fingerprint density at radius 2 is 2.09 bits per heavy atom. The number of ether oxygens (including phenoxy) is 2. The lowest BCUT2D eigenvalue weighted by Crippen LogP contribution is -2.34. The number of hydrogen-bond acceptors (Lipinski definition) is 3. The van der Waals surface area contributed by atoms with Crippen molar-refractivity contribution in [2.45, 2.75) is 37.8 Å². The second-order valence-electron chi connectivity index (χ2n) is 5.20. The normalized spacial score (nSPS) is 20.3. The van der Waals surface area contributed by atoms with Crippen LogP contribution in [0.4, 0.5) is 0 Å². The van der Waals surface area contributed by atoms with Gasteiger partial charge in [-0.25, -0.2) is 0 Å². The Kier molecular flexibility index (Phi) is 6.80. The van der Waals surface area contributed by atoms with Crippen molar-refractivity contribution in [3.8, 4) is 5.75 Å². The molecule has 1 amide bonds. The second-order valence-corrected chi connectivity index (χ2v) is 7.47. The summed E-state index contributed by atoms with van der Waals surface area (Å²) >= 11 is 13.2. The molecule has 1 fully saturated rings. The van der Waals surface area contributed by atoms with Crippen molar-refractivity contribution < 1.29 is 14.3 Å². The van der Waals surface area contributed by atoms with Gasteiger partial charge in [-0.2, -0.15) is 0 Å². The van der Waals surface area contributed by atoms with Crippen LogP contribution in [0.15, 0.2) is 26.8 Å². The van der Waals surface area contributed by atoms with E-state index in [9.17, 15) is 4.79 Å². The molecule has 0 radical (unpaired) electrons. The monoisotopic (exact) mass is 465 g/mol. The Morgan fingerprint density at radius 3 is 2.65 bits per heavy atom. The Hall–Kier alpha value is -0.720. The first kappa shape index (κ1) is 18.6. The lowest BCUT2D eigenvalue weighted by molar-refractivity contribution is -0.116. The third-order valence-corrected chi connectivity index (χ3v) is 5.06. The van der Waals surface area contributed by atoms with Crippen molar-refractivity contribution >= 4 is 55.4 Å². The van der Waals surface area contributed by atoms with E-state index in [0.717, 1.165) is 33.8 Å². The quantitative estimate of drug-likeness (QED) is 0.482. The molecule has 0 aromatic heterocycles. The van der Waals surface area contributed by atoms with Gasteiger partial charge in [-0.1, -0.05) is 19.8 Å². The van der Waals surface area contributed by atoms with E-state index in [1.54, 1.807) is 13.2 Å². The number of carbonyl (C=O) groups excluding carboxylic acids is 1. The van der Waals surface area contributed by atoms with Crippen molar-refractivity contribution in [3.63, 3.8) is 0 Å². The van der Waals surface area contributed by atoms with Crippen LogP contribution in [0.3, 0.4) is 0 Å². The number of unbranched alkanes of at least 4 members (excludes halogenated alkanes) is 1. The maximum absolute atomic E-state index is 12.0. The van der Waals surface area contributed by atoms with Crippen LogP contribution in [0.2, 0.25) is 0 Å². The predicted octanol–water partition coefficient (Wildman–Crippen LogP) is 4.83. The summed E-state index contributed by atoms with van der Waals surface area (Å²) in [5.74, 6) is 0.712. The molecule has 2 unspecified atom stereocenters. The van der Waals surface area contributed by atoms with E-state index < -0.39 is 6.23 Å². The lowest BCUT2D eigenvalue weighted by atomic mass is 10.2. The molecular weight excluding hydrogens is 449 g/mol. The van der Waals surface area contributed by atoms with Crippen LogP contribution < -0.4 is 10.1 Å². The first-order valence-corrected chi connectivity index (χ1v) is 9.34. The van der Waals surface area contributed by atoms with Crippen LogP contribution in [0.5, 0.6) is 5.75 Å². The summed E-state index contributed by atoms with van der Waals surface area (Å²) in [5.41, 5.74) is 0.815. The van der Waals surface area contributed by atoms with Gasteiger partial charge in [0.15, 0.2) is 12.0 Å². The largest absolute Gasteiger partial charge is 0.494 e. The molecule has 1 aromatic rings. The van der Waals surface area contributed by atoms with Crippen LogP contribution in [0.1, 0.15) is 31.7 Å². The minimum absolute atomic E-state index is 0.237. The molecule has 0 spiro atoms. The SMILES string of the molecule is CCCCC(Cl)C1NC(=O)/C(=C/c2cc(Br)c(OC)c(Br)c2)O1. The van der Waals surface area contributed by atoms with E-state index >= 15 is 0 Å². The van der Waals surface area contributed by atoms with Crippen LogP contribution in [-0.2, 0) is 9.53 Å². The summed E-state index contributed by atoms with van der Waals surface area (Å²) < 4.78 is 12.5. The average molecular weight is 468 g/mol. The first-order chi connectivity index (χ1) is 11.0. The zero-order chi connectivity index (χ0) is 17.0. The second kappa shape index (κ2) is 8.40. The van der Waals surface area contributed by atoms with Gasteiger partial charge in [0.1, 0.15) is 5.75 Å². The number of alkyl halides is 1. The first-order valence-electron chi connectivity index (χ1n) is 7.32. The van der Waals surface area contributed by atoms with Gasteiger partial charge in [0, 0.05) is 0 Å². The molecule has 0 bridgehead atoms. The fourth-order valence-corrected chi connectivity index (χ4v) is 4.06. The van der Waals surface area contributed by atoms with Gasteiger partial charge >= 0.3 is 0 Å². The van der Waals surface area contributed by atoms with E-state index in [4.69, 9.17) is 21.1 Å². The highest BCUT2D eigenvalue weighted by atomic mass is 79.9. The number of rotatable bonds is 6. The standard InChI is InChI=1S/C16H18Br2ClNO3/c1-3-4-5-12(19)16-20-15(21)13(23-16)8-9-6-10(17)14(22-2)11(18)7-9/h6-8,12,16H,3-5H2,1-2H3,(H,20,21)/b13-8-. The molecule has 4 nitrogen and oxygen atoms in total. The minimum Gasteiger partial charge on any atom is -0.494 e. The highest BCUT2D eigenvalue weighted by Gasteiger charge is 2.32. The number of hydrogen-bond donors (Lipinski definition) is 1. The Morgan fingerprint density at radius 1 is 1.43 bits per heavy atom. The smallest absolute Gasteiger partial charge is 0.289 e. The fourth-order valence-electron chi connectivity index (χ4n) is 2.24. The molecule has 23 heavy (non-hydrogen) atoms. The molecule has 1 N–H and O–H groups in total. The van der Waals surface area contributed by atoms with Gasteiger partial charge < -0.3 is 14.8 Å². The molecule has 126 valence electrons. The maximum atomic E-state index is 12.0. The molecule has 0 aliphatic carbocycles. The number of carbonyl (C=O) groups is 1. The molecular formula is C16H18Br2ClNO3. The van der Waals surface area contributed by atoms with Crippen molar-refractivity contribution in [2.75, 3.05) is 7.11 Å². The third-order valence-electron chi connectivity index (χ3n) is 3.44. The lowest BCUT2D eigenvalue weighted by Gasteiger charge is -2.15. The van der Waals surface area contributed by atoms with Gasteiger partial charge in [0.25, 0.3) is 5.91 Å². The van der Waals surface area contributed by atoms with E-state index in [-0.39, 0.29) is 17.0 Å². The van der Waals surface area contributed by atoms with Crippen LogP contribution in [-0.4, -0.2) is 24.6 Å². The van der Waals surface area contributed by atoms with Crippen LogP contribution in [0.25, 0.3) is 6.08 Å². The summed E-state index contributed by atoms with van der Waals surface area (Å²) in [6.45, 7) is 2.10. The van der Waals surface area contributed by atoms with Crippen LogP contribution >= 0.6 is 43.5 Å². The predicted molar refractivity (Wildman–Crippen MR) is 98.6 cm³/mol. The van der Waals surface area contributed by atoms with E-state index in [1.807, 2.05) is 12.1 Å². The van der Waals surface area contributed by atoms with Gasteiger partial charge in [0.05, 0.1) is 21.4 Å². The highest BCUT2D eigenvalue weighted by molar-refractivity contribution is 9.11. The van der Waals surface area contributed by atoms with Gasteiger partial charge in [-0.15, -0.1) is 11.6 Å². The molecule has 1 aliphatic heterocycles. The number of halogens is 3. The Labute approximate surface area is 157 Å². The summed E-state index contributed by atoms with van der Waals surface area (Å²) in [5, 5.41) is 2.54. The molecule has 2 atom stereocenters. The highest BCUT2D eigenvalue weighted by Crippen LogP contribution is 2.35. The summed E-state index contributed by atoms with van der Waals surface area (Å²) in [6.07, 6.45) is 4.07. The van der Waals surface area contributed by atoms with Crippen molar-refractivity contribution in [2.24, 2.45) is 0 Å². The van der Waals surface area contributed by atoms with Crippen molar-refractivity contribution in [3.05, 3.63) is 32.4 Å². The summed E-state index contributed by atoms with van der Waals surface area (Å²) in [7, 11) is 1.60. The topological polar surface area (TPSA) is 47.6 Å². The van der Waals surface area contributed by atoms with Crippen molar-refractivity contribution in [1.82, 2.24) is 5.32 Å². The molecule has 1 aliphatic rings. The summed E-state index contributed by atoms with van der Waals surface area (Å²) in [4.78, 5) is 12.0. The van der Waals surface area contributed by atoms with E-state index in [0.29, 0.717) is 5.75 Å². The van der Waals surface area contributed by atoms with Gasteiger partial charge in [-0.05, 0) is 62.1 Å². The molecule has 7 heteroatoms. The summed E-state index contributed by atoms with van der Waals surface area (Å²) in [6, 6.07) is 3.71. The maximum Gasteiger partial charge on any atom is 0.289 e. The zero-order valence-electron chi connectivity index (χ0n) is 12.9. The van der Waals surface area contributed by atoms with Gasteiger partial charge in [-0.3, -0.25) is 4.79 Å². The number of benzene rings is 1. The van der Waals surface area contributed by atoms with Crippen LogP contribution in [0, 0.1) is 0 Å². The number of nitrogens with one attached hydrogen (secondary N) is 1. The fraction of sp³-hybridized carbons (Fsp3) is 0.438. The molecule has 1 heterocycles. The molecule has 0 saturated carbocycles.